The quantitative estimate of drug-likeness (QED) is 0.892. The molecule has 2 rings (SSSR count). The van der Waals surface area contributed by atoms with E-state index in [1.165, 1.54) is 28.9 Å². The molecule has 1 unspecified atom stereocenters. The Kier molecular flexibility index (Phi) is 5.63. The van der Waals surface area contributed by atoms with Gasteiger partial charge in [-0.1, -0.05) is 0 Å². The van der Waals surface area contributed by atoms with Crippen LogP contribution in [0.3, 0.4) is 0 Å². The minimum absolute atomic E-state index is 0.654. The number of halogens is 1. The zero-order valence-electron chi connectivity index (χ0n) is 11.2. The molecule has 5 heteroatoms. The molecule has 102 valence electrons. The molecule has 0 amide bonds. The fourth-order valence-electron chi connectivity index (χ4n) is 2.34. The maximum atomic E-state index is 3.60. The predicted molar refractivity (Wildman–Crippen MR) is 82.3 cm³/mol. The molecule has 0 aliphatic carbocycles. The number of nitrogens with zero attached hydrogens (tertiary/aromatic N) is 2. The SMILES string of the molecule is CN(CCC1CN(C)CCN1)Cc1cc(Br)cs1. The number of hydrogen-bond acceptors (Lipinski definition) is 4. The van der Waals surface area contributed by atoms with Crippen LogP contribution in [0.15, 0.2) is 15.9 Å². The van der Waals surface area contributed by atoms with Gasteiger partial charge in [0.1, 0.15) is 0 Å². The van der Waals surface area contributed by atoms with Crippen LogP contribution in [0.25, 0.3) is 0 Å². The molecule has 1 aliphatic rings. The number of likely N-dealkylation sites (N-methyl/N-ethyl adjacent to an activating group) is 1. The molecule has 0 bridgehead atoms. The van der Waals surface area contributed by atoms with Crippen LogP contribution in [0.2, 0.25) is 0 Å². The number of piperazine rings is 1. The van der Waals surface area contributed by atoms with Crippen molar-refractivity contribution in [3.63, 3.8) is 0 Å². The van der Waals surface area contributed by atoms with Crippen LogP contribution in [0.5, 0.6) is 0 Å². The molecular weight excluding hydrogens is 310 g/mol. The lowest BCUT2D eigenvalue weighted by molar-refractivity contribution is 0.213. The van der Waals surface area contributed by atoms with Crippen LogP contribution < -0.4 is 5.32 Å². The van der Waals surface area contributed by atoms with E-state index in [0.29, 0.717) is 6.04 Å². The second-order valence-electron chi connectivity index (χ2n) is 5.17. The summed E-state index contributed by atoms with van der Waals surface area (Å²) in [6.07, 6.45) is 1.23. The van der Waals surface area contributed by atoms with Gasteiger partial charge in [0.15, 0.2) is 0 Å². The van der Waals surface area contributed by atoms with Gasteiger partial charge in [0, 0.05) is 47.0 Å². The summed E-state index contributed by atoms with van der Waals surface area (Å²) in [6, 6.07) is 2.87. The van der Waals surface area contributed by atoms with E-state index in [0.717, 1.165) is 19.6 Å². The number of rotatable bonds is 5. The van der Waals surface area contributed by atoms with Crippen molar-refractivity contribution in [2.75, 3.05) is 40.3 Å². The Bertz CT molecular complexity index is 369. The monoisotopic (exact) mass is 331 g/mol. The minimum Gasteiger partial charge on any atom is -0.311 e. The molecular formula is C13H22BrN3S. The van der Waals surface area contributed by atoms with Crippen LogP contribution in [0, 0.1) is 0 Å². The van der Waals surface area contributed by atoms with Crippen molar-refractivity contribution in [1.82, 2.24) is 15.1 Å². The first-order chi connectivity index (χ1) is 8.63. The van der Waals surface area contributed by atoms with Gasteiger partial charge in [-0.05, 0) is 49.1 Å². The average Bonchev–Trinajstić information content (AvgIpc) is 2.72. The van der Waals surface area contributed by atoms with Crippen LogP contribution in [0.1, 0.15) is 11.3 Å². The maximum Gasteiger partial charge on any atom is 0.0325 e. The van der Waals surface area contributed by atoms with Gasteiger partial charge in [0.05, 0.1) is 0 Å². The molecule has 1 saturated heterocycles. The molecule has 0 saturated carbocycles. The highest BCUT2D eigenvalue weighted by molar-refractivity contribution is 9.10. The Balaban J connectivity index is 1.69. The lowest BCUT2D eigenvalue weighted by Crippen LogP contribution is -2.49. The van der Waals surface area contributed by atoms with Crippen LogP contribution in [0.4, 0.5) is 0 Å². The standard InChI is InChI=1S/C13H22BrN3S/c1-16(9-13-7-11(14)10-18-13)5-3-12-8-17(2)6-4-15-12/h7,10,12,15H,3-6,8-9H2,1-2H3. The van der Waals surface area contributed by atoms with Gasteiger partial charge < -0.3 is 15.1 Å². The molecule has 0 aromatic carbocycles. The highest BCUT2D eigenvalue weighted by Crippen LogP contribution is 2.20. The summed E-state index contributed by atoms with van der Waals surface area (Å²) >= 11 is 5.33. The molecule has 1 atom stereocenters. The molecule has 1 fully saturated rings. The van der Waals surface area contributed by atoms with E-state index in [4.69, 9.17) is 0 Å². The summed E-state index contributed by atoms with van der Waals surface area (Å²) < 4.78 is 1.20. The third-order valence-electron chi connectivity index (χ3n) is 3.37. The topological polar surface area (TPSA) is 18.5 Å². The smallest absolute Gasteiger partial charge is 0.0325 e. The molecule has 3 nitrogen and oxygen atoms in total. The predicted octanol–water partition coefficient (Wildman–Crippen LogP) is 2.24. The first-order valence-electron chi connectivity index (χ1n) is 6.47. The Morgan fingerprint density at radius 1 is 1.61 bits per heavy atom. The van der Waals surface area contributed by atoms with E-state index in [2.05, 4.69) is 56.6 Å². The van der Waals surface area contributed by atoms with Gasteiger partial charge in [-0.15, -0.1) is 11.3 Å². The van der Waals surface area contributed by atoms with E-state index >= 15 is 0 Å². The molecule has 1 N–H and O–H groups in total. The highest BCUT2D eigenvalue weighted by atomic mass is 79.9. The molecule has 0 spiro atoms. The Morgan fingerprint density at radius 2 is 2.44 bits per heavy atom. The molecule has 18 heavy (non-hydrogen) atoms. The zero-order chi connectivity index (χ0) is 13.0. The van der Waals surface area contributed by atoms with E-state index in [9.17, 15) is 0 Å². The van der Waals surface area contributed by atoms with Gasteiger partial charge >= 0.3 is 0 Å². The third-order valence-corrected chi connectivity index (χ3v) is 5.05. The average molecular weight is 332 g/mol. The fourth-order valence-corrected chi connectivity index (χ4v) is 3.87. The summed E-state index contributed by atoms with van der Waals surface area (Å²) in [7, 11) is 4.42. The maximum absolute atomic E-state index is 3.60. The lowest BCUT2D eigenvalue weighted by Gasteiger charge is -2.31. The zero-order valence-corrected chi connectivity index (χ0v) is 13.6. The summed E-state index contributed by atoms with van der Waals surface area (Å²) in [5.41, 5.74) is 0. The second-order valence-corrected chi connectivity index (χ2v) is 7.08. The van der Waals surface area contributed by atoms with Crippen LogP contribution >= 0.6 is 27.3 Å². The Hall–Kier alpha value is 0.0600. The summed E-state index contributed by atoms with van der Waals surface area (Å²) in [6.45, 7) is 5.69. The van der Waals surface area contributed by atoms with Crippen molar-refractivity contribution in [2.45, 2.75) is 19.0 Å². The fraction of sp³-hybridized carbons (Fsp3) is 0.692. The van der Waals surface area contributed by atoms with Gasteiger partial charge in [-0.25, -0.2) is 0 Å². The number of nitrogens with one attached hydrogen (secondary N) is 1. The molecule has 1 aromatic rings. The molecule has 1 aliphatic heterocycles. The Morgan fingerprint density at radius 3 is 3.11 bits per heavy atom. The summed E-state index contributed by atoms with van der Waals surface area (Å²) in [5, 5.41) is 5.75. The molecule has 1 aromatic heterocycles. The third kappa shape index (κ3) is 4.63. The molecule has 2 heterocycles. The lowest BCUT2D eigenvalue weighted by atomic mass is 10.1. The van der Waals surface area contributed by atoms with Gasteiger partial charge in [-0.2, -0.15) is 0 Å². The summed E-state index contributed by atoms with van der Waals surface area (Å²) in [5.74, 6) is 0. The largest absolute Gasteiger partial charge is 0.311 e. The van der Waals surface area contributed by atoms with Crippen LogP contribution in [-0.2, 0) is 6.54 Å². The van der Waals surface area contributed by atoms with E-state index < -0.39 is 0 Å². The number of thiophene rings is 1. The first kappa shape index (κ1) is 14.5. The Labute approximate surface area is 122 Å². The van der Waals surface area contributed by atoms with Crippen LogP contribution in [-0.4, -0.2) is 56.1 Å². The first-order valence-corrected chi connectivity index (χ1v) is 8.14. The van der Waals surface area contributed by atoms with E-state index in [1.54, 1.807) is 0 Å². The minimum atomic E-state index is 0.654. The van der Waals surface area contributed by atoms with Gasteiger partial charge in [-0.3, -0.25) is 0 Å². The van der Waals surface area contributed by atoms with Crippen molar-refractivity contribution in [2.24, 2.45) is 0 Å². The second kappa shape index (κ2) is 7.01. The van der Waals surface area contributed by atoms with Crippen molar-refractivity contribution >= 4 is 27.3 Å². The number of hydrogen-bond donors (Lipinski definition) is 1. The van der Waals surface area contributed by atoms with Gasteiger partial charge in [0.2, 0.25) is 0 Å². The molecule has 0 radical (unpaired) electrons. The van der Waals surface area contributed by atoms with Crippen molar-refractivity contribution < 1.29 is 0 Å². The normalized spacial score (nSPS) is 21.7. The van der Waals surface area contributed by atoms with E-state index in [1.807, 2.05) is 11.3 Å². The van der Waals surface area contributed by atoms with Crippen molar-refractivity contribution in [3.05, 3.63) is 20.8 Å². The van der Waals surface area contributed by atoms with Crippen molar-refractivity contribution in [3.8, 4) is 0 Å². The van der Waals surface area contributed by atoms with Gasteiger partial charge in [0.25, 0.3) is 0 Å². The highest BCUT2D eigenvalue weighted by Gasteiger charge is 2.16. The van der Waals surface area contributed by atoms with E-state index in [-0.39, 0.29) is 0 Å². The van der Waals surface area contributed by atoms with Crippen molar-refractivity contribution in [1.29, 1.82) is 0 Å². The summed E-state index contributed by atoms with van der Waals surface area (Å²) in [4.78, 5) is 6.25.